The second kappa shape index (κ2) is 35.0. The van der Waals surface area contributed by atoms with Crippen LogP contribution in [0.4, 0.5) is 33.5 Å². The van der Waals surface area contributed by atoms with E-state index in [-0.39, 0.29) is 75.8 Å². The molecule has 7 aromatic heterocycles. The molecule has 4 bridgehead atoms. The highest BCUT2D eigenvalue weighted by atomic mass is 35.5. The Bertz CT molecular complexity index is 5690. The van der Waals surface area contributed by atoms with E-state index < -0.39 is 11.5 Å². The van der Waals surface area contributed by atoms with Crippen LogP contribution in [0.1, 0.15) is 146 Å². The molecule has 0 spiro atoms. The lowest BCUT2D eigenvalue weighted by atomic mass is 10.0. The number of piperazine rings is 3. The number of phenols is 1. The minimum atomic E-state index is -0.657. The van der Waals surface area contributed by atoms with Crippen molar-refractivity contribution in [1.82, 2.24) is 63.3 Å². The average Bonchev–Trinajstić information content (AvgIpc) is 1.26. The summed E-state index contributed by atoms with van der Waals surface area (Å²) in [6.45, 7) is 39.2. The quantitative estimate of drug-likeness (QED) is 0.0831. The van der Waals surface area contributed by atoms with Gasteiger partial charge in [0.2, 0.25) is 17.7 Å². The number of aromatic hydroxyl groups is 1. The number of aryl methyl sites for hydroxylation is 6. The van der Waals surface area contributed by atoms with Crippen LogP contribution in [0.2, 0.25) is 10.0 Å². The van der Waals surface area contributed by atoms with Gasteiger partial charge in [0.05, 0.1) is 49.0 Å². The SMILES string of the molecule is C=CC(=O)N1CCN(c2nc(=O)n(-c3c(C)ccnc3C(C)C)c3nc(-c4c(C)cccc4O)c(F)cc23)[C@@H](C)C1.C=CC(=O)N1CCN(c2nc(=O)n(-c3c(CC)cccc3CC)c3nc(N4C[C@@H]5CC[C@H]4C5)c(Cl)cc23)[C@@H](C)C1.C=CC(=O)N1CCN(c2nc(=O)n(-c3c(CC)cccc3CC)c3nc(N4C[C@H]5CC[C@@H]4C5)c(Cl)cc23)[C@@H](C)C1. The van der Waals surface area contributed by atoms with Gasteiger partial charge in [-0.05, 0) is 199 Å². The number of carbonyl (C=O) groups excluding carboxylic acids is 3. The molecule has 121 heavy (non-hydrogen) atoms. The molecule has 2 aliphatic carbocycles. The lowest BCUT2D eigenvalue weighted by molar-refractivity contribution is -0.127. The molecule has 12 heterocycles. The van der Waals surface area contributed by atoms with Gasteiger partial charge in [0.25, 0.3) is 0 Å². The van der Waals surface area contributed by atoms with Crippen LogP contribution in [0.3, 0.4) is 0 Å². The van der Waals surface area contributed by atoms with Crippen molar-refractivity contribution in [2.45, 2.75) is 176 Å². The zero-order valence-corrected chi connectivity index (χ0v) is 72.5. The van der Waals surface area contributed by atoms with E-state index in [1.165, 1.54) is 60.6 Å². The summed E-state index contributed by atoms with van der Waals surface area (Å²) in [7, 11) is 0. The number of hydrogen-bond donors (Lipinski definition) is 1. The number of rotatable bonds is 17. The van der Waals surface area contributed by atoms with Crippen LogP contribution in [-0.4, -0.2) is 188 Å². The largest absolute Gasteiger partial charge is 0.507 e. The third-order valence-corrected chi connectivity index (χ3v) is 26.2. The van der Waals surface area contributed by atoms with E-state index in [1.54, 1.807) is 49.1 Å². The van der Waals surface area contributed by atoms with Gasteiger partial charge in [0.1, 0.15) is 40.5 Å². The Balaban J connectivity index is 0.000000141. The van der Waals surface area contributed by atoms with Crippen molar-refractivity contribution in [3.8, 4) is 34.1 Å². The van der Waals surface area contributed by atoms with Crippen molar-refractivity contribution in [3.63, 3.8) is 0 Å². The number of carbonyl (C=O) groups is 3. The number of hydrogen-bond acceptors (Lipinski definition) is 19. The highest BCUT2D eigenvalue weighted by Gasteiger charge is 2.43. The second-order valence-electron chi connectivity index (χ2n) is 33.5. The molecule has 3 amide bonds. The Morgan fingerprint density at radius 2 is 0.868 bits per heavy atom. The maximum absolute atomic E-state index is 16.0. The minimum absolute atomic E-state index is 0.0256. The molecule has 17 rings (SSSR count). The monoisotopic (exact) mass is 1680 g/mol. The van der Waals surface area contributed by atoms with E-state index in [0.29, 0.717) is 144 Å². The molecule has 25 nitrogen and oxygen atoms in total. The maximum atomic E-state index is 16.0. The summed E-state index contributed by atoms with van der Waals surface area (Å²) in [4.78, 5) is 129. The first kappa shape index (κ1) is 84.6. The number of fused-ring (bicyclic) bond motifs is 7. The fourth-order valence-corrected chi connectivity index (χ4v) is 20.1. The van der Waals surface area contributed by atoms with Crippen LogP contribution in [0.15, 0.2) is 137 Å². The van der Waals surface area contributed by atoms with Gasteiger partial charge in [-0.15, -0.1) is 0 Å². The molecule has 3 aromatic carbocycles. The van der Waals surface area contributed by atoms with Gasteiger partial charge < -0.3 is 44.3 Å². The molecule has 28 heteroatoms. The van der Waals surface area contributed by atoms with Crippen molar-refractivity contribution in [3.05, 3.63) is 209 Å². The number of phenolic OH excluding ortho intramolecular Hbond substituents is 1. The van der Waals surface area contributed by atoms with Crippen LogP contribution in [0.25, 0.3) is 61.4 Å². The summed E-state index contributed by atoms with van der Waals surface area (Å²) in [6.07, 6.45) is 16.0. The third kappa shape index (κ3) is 15.8. The third-order valence-electron chi connectivity index (χ3n) is 25.7. The molecule has 0 radical (unpaired) electrons. The molecule has 0 unspecified atom stereocenters. The summed E-state index contributed by atoms with van der Waals surface area (Å²) in [5, 5.41) is 13.7. The normalized spacial score (nSPS) is 20.1. The summed E-state index contributed by atoms with van der Waals surface area (Å²) in [6, 6.07) is 25.0. The number of anilines is 5. The molecule has 5 saturated heterocycles. The van der Waals surface area contributed by atoms with Crippen LogP contribution < -0.4 is 41.6 Å². The summed E-state index contributed by atoms with van der Waals surface area (Å²) >= 11 is 14.0. The Morgan fingerprint density at radius 1 is 0.488 bits per heavy atom. The maximum Gasteiger partial charge on any atom is 0.355 e. The van der Waals surface area contributed by atoms with Crippen molar-refractivity contribution < 1.29 is 23.9 Å². The van der Waals surface area contributed by atoms with Crippen LogP contribution >= 0.6 is 23.2 Å². The fourth-order valence-electron chi connectivity index (χ4n) is 19.6. The van der Waals surface area contributed by atoms with Gasteiger partial charge in [-0.1, -0.05) is 133 Å². The number of benzene rings is 3. The molecular formula is C93H107Cl2FN18O7. The molecule has 1 N–H and O–H groups in total. The van der Waals surface area contributed by atoms with Gasteiger partial charge in [-0.25, -0.2) is 47.4 Å². The molecule has 5 aliphatic heterocycles. The Hall–Kier alpha value is -11.4. The number of aromatic nitrogens is 10. The van der Waals surface area contributed by atoms with E-state index in [4.69, 9.17) is 48.1 Å². The van der Waals surface area contributed by atoms with Crippen molar-refractivity contribution >= 4 is 103 Å². The Labute approximate surface area is 714 Å². The zero-order valence-electron chi connectivity index (χ0n) is 71.0. The van der Waals surface area contributed by atoms with E-state index in [1.807, 2.05) is 64.6 Å². The fraction of sp³-hybridized carbons (Fsp3) is 0.430. The first-order valence-electron chi connectivity index (χ1n) is 42.7. The standard InChI is InChI=1S/2C31H37ClN6O2.C31H33FN6O3/c2*1-5-21-9-8-10-22(6-2)27(21)38-29-24(16-25(32)30(33-29)37-18-20-11-12-23(37)15-20)28(34-31(38)40)36-14-13-35(17-19(36)4)26(39)7-3;1-7-24(40)36-13-14-37(20(6)16-36)29-21-15-22(32)27(25-18(4)9-8-10-23(25)39)34-30(21)38(31(41)35-29)28-19(5)11-12-33-26(28)17(2)3/h2*7-10,16,19-20,23H,3,5-6,11-15,17-18H2,1-2,4H3;7-12,15,17,20,39H,1,13-14,16H2,2-6H3/t19-,20+,23-;19-,20-,23+;20-/m000/s1. The molecule has 7 atom stereocenters. The molecule has 10 aromatic rings. The predicted octanol–water partition coefficient (Wildman–Crippen LogP) is 14.2. The van der Waals surface area contributed by atoms with Crippen molar-refractivity contribution in [2.75, 3.05) is 96.5 Å². The molecule has 7 aliphatic rings. The smallest absolute Gasteiger partial charge is 0.355 e. The summed E-state index contributed by atoms with van der Waals surface area (Å²) in [5.74, 6) is 3.17. The lowest BCUT2D eigenvalue weighted by Gasteiger charge is -2.40. The first-order chi connectivity index (χ1) is 58.2. The minimum Gasteiger partial charge on any atom is -0.507 e. The number of halogens is 3. The molecular weight excluding hydrogens is 1570 g/mol. The summed E-state index contributed by atoms with van der Waals surface area (Å²) < 4.78 is 20.8. The lowest BCUT2D eigenvalue weighted by Crippen LogP contribution is -2.54. The molecule has 7 fully saturated rings. The molecule has 632 valence electrons. The number of amides is 3. The highest BCUT2D eigenvalue weighted by Crippen LogP contribution is 2.47. The van der Waals surface area contributed by atoms with E-state index in [0.717, 1.165) is 113 Å². The molecule has 2 saturated carbocycles. The van der Waals surface area contributed by atoms with Crippen LogP contribution in [-0.2, 0) is 40.1 Å². The van der Waals surface area contributed by atoms with Gasteiger partial charge in [-0.3, -0.25) is 19.4 Å². The van der Waals surface area contributed by atoms with Gasteiger partial charge in [0.15, 0.2) is 22.8 Å². The van der Waals surface area contributed by atoms with Crippen molar-refractivity contribution in [1.29, 1.82) is 0 Å². The highest BCUT2D eigenvalue weighted by molar-refractivity contribution is 6.34. The van der Waals surface area contributed by atoms with Gasteiger partial charge >= 0.3 is 17.1 Å². The zero-order chi connectivity index (χ0) is 85.8. The van der Waals surface area contributed by atoms with E-state index in [2.05, 4.69) is 113 Å². The number of pyridine rings is 4. The number of piperidine rings is 2. The number of para-hydroxylation sites is 2. The van der Waals surface area contributed by atoms with Crippen molar-refractivity contribution in [2.24, 2.45) is 11.8 Å². The Kier molecular flexibility index (Phi) is 24.5. The van der Waals surface area contributed by atoms with Gasteiger partial charge in [0, 0.05) is 114 Å². The Morgan fingerprint density at radius 3 is 1.21 bits per heavy atom. The average molecular weight is 1680 g/mol. The van der Waals surface area contributed by atoms with Gasteiger partial charge in [-0.2, -0.15) is 15.0 Å². The van der Waals surface area contributed by atoms with E-state index >= 15 is 4.39 Å². The summed E-state index contributed by atoms with van der Waals surface area (Å²) in [5.41, 5.74) is 9.02. The first-order valence-corrected chi connectivity index (χ1v) is 43.4. The second-order valence-corrected chi connectivity index (χ2v) is 34.3. The number of nitrogens with zero attached hydrogens (tertiary/aromatic N) is 18. The predicted molar refractivity (Wildman–Crippen MR) is 479 cm³/mol. The van der Waals surface area contributed by atoms with Crippen LogP contribution in [0, 0.1) is 31.5 Å². The van der Waals surface area contributed by atoms with E-state index in [9.17, 15) is 33.9 Å². The van der Waals surface area contributed by atoms with Crippen LogP contribution in [0.5, 0.6) is 5.75 Å². The topological polar surface area (TPSA) is 254 Å².